The maximum Gasteiger partial charge on any atom is 0.410 e. The number of likely N-dealkylation sites (tertiary alicyclic amines) is 1. The SMILES string of the molecule is Cc1ccc2c(c1)C(=O)NC1(CCN(C(=O)OC(C)(C)C)CC1)N2. The highest BCUT2D eigenvalue weighted by atomic mass is 16.6. The molecule has 0 aliphatic carbocycles. The van der Waals surface area contributed by atoms with E-state index in [1.165, 1.54) is 0 Å². The molecule has 1 aromatic rings. The number of anilines is 1. The molecule has 2 aliphatic heterocycles. The summed E-state index contributed by atoms with van der Waals surface area (Å²) in [6.45, 7) is 8.64. The lowest BCUT2D eigenvalue weighted by Crippen LogP contribution is -2.63. The first-order chi connectivity index (χ1) is 11.2. The number of carbonyl (C=O) groups excluding carboxylic acids is 2. The number of nitrogens with zero attached hydrogens (tertiary/aromatic N) is 1. The van der Waals surface area contributed by atoms with Crippen LogP contribution < -0.4 is 10.6 Å². The van der Waals surface area contributed by atoms with Crippen molar-refractivity contribution in [2.75, 3.05) is 18.4 Å². The molecule has 0 bridgehead atoms. The van der Waals surface area contributed by atoms with E-state index in [2.05, 4.69) is 10.6 Å². The minimum Gasteiger partial charge on any atom is -0.444 e. The summed E-state index contributed by atoms with van der Waals surface area (Å²) in [6, 6.07) is 5.83. The van der Waals surface area contributed by atoms with E-state index in [0.29, 0.717) is 31.5 Å². The van der Waals surface area contributed by atoms with E-state index in [0.717, 1.165) is 11.3 Å². The van der Waals surface area contributed by atoms with E-state index in [4.69, 9.17) is 4.74 Å². The topological polar surface area (TPSA) is 70.7 Å². The molecule has 1 aromatic carbocycles. The van der Waals surface area contributed by atoms with Crippen molar-refractivity contribution in [3.8, 4) is 0 Å². The second kappa shape index (κ2) is 5.69. The zero-order valence-electron chi connectivity index (χ0n) is 14.7. The molecule has 130 valence electrons. The monoisotopic (exact) mass is 331 g/mol. The summed E-state index contributed by atoms with van der Waals surface area (Å²) < 4.78 is 5.42. The van der Waals surface area contributed by atoms with E-state index >= 15 is 0 Å². The standard InChI is InChI=1S/C18H25N3O3/c1-12-5-6-14-13(11-12)15(22)20-18(19-14)7-9-21(10-8-18)16(23)24-17(2,3)4/h5-6,11,19H,7-10H2,1-4H3,(H,20,22). The molecule has 3 rings (SSSR count). The van der Waals surface area contributed by atoms with Gasteiger partial charge in [0.25, 0.3) is 5.91 Å². The van der Waals surface area contributed by atoms with Crippen molar-refractivity contribution in [1.82, 2.24) is 10.2 Å². The van der Waals surface area contributed by atoms with Gasteiger partial charge in [-0.15, -0.1) is 0 Å². The Bertz CT molecular complexity index is 671. The molecule has 1 fully saturated rings. The van der Waals surface area contributed by atoms with Crippen molar-refractivity contribution in [2.24, 2.45) is 0 Å². The number of piperidine rings is 1. The van der Waals surface area contributed by atoms with Gasteiger partial charge in [0.2, 0.25) is 0 Å². The zero-order chi connectivity index (χ0) is 17.5. The van der Waals surface area contributed by atoms with E-state index in [1.54, 1.807) is 4.90 Å². The maximum absolute atomic E-state index is 12.5. The first kappa shape index (κ1) is 16.6. The molecule has 1 spiro atoms. The Morgan fingerprint density at radius 1 is 1.21 bits per heavy atom. The molecule has 2 N–H and O–H groups in total. The van der Waals surface area contributed by atoms with E-state index in [1.807, 2.05) is 45.9 Å². The van der Waals surface area contributed by atoms with Crippen LogP contribution in [0.15, 0.2) is 18.2 Å². The Morgan fingerprint density at radius 2 is 1.88 bits per heavy atom. The van der Waals surface area contributed by atoms with Crippen LogP contribution in [0.2, 0.25) is 0 Å². The third kappa shape index (κ3) is 3.32. The summed E-state index contributed by atoms with van der Waals surface area (Å²) in [6.07, 6.45) is 0.992. The van der Waals surface area contributed by atoms with Crippen molar-refractivity contribution in [3.63, 3.8) is 0 Å². The number of hydrogen-bond acceptors (Lipinski definition) is 4. The minimum absolute atomic E-state index is 0.0573. The molecule has 6 heteroatoms. The number of aryl methyl sites for hydroxylation is 1. The Morgan fingerprint density at radius 3 is 2.50 bits per heavy atom. The average Bonchev–Trinajstić information content (AvgIpc) is 2.47. The Balaban J connectivity index is 1.69. The molecular weight excluding hydrogens is 306 g/mol. The lowest BCUT2D eigenvalue weighted by atomic mass is 9.92. The highest BCUT2D eigenvalue weighted by molar-refractivity contribution is 6.02. The number of carbonyl (C=O) groups is 2. The van der Waals surface area contributed by atoms with Crippen LogP contribution in [0.4, 0.5) is 10.5 Å². The molecule has 2 heterocycles. The third-order valence-corrected chi connectivity index (χ3v) is 4.42. The van der Waals surface area contributed by atoms with Gasteiger partial charge >= 0.3 is 6.09 Å². The molecule has 0 aromatic heterocycles. The predicted molar refractivity (Wildman–Crippen MR) is 92.0 cm³/mol. The van der Waals surface area contributed by atoms with Gasteiger partial charge in [-0.05, 0) is 39.8 Å². The van der Waals surface area contributed by atoms with Gasteiger partial charge in [0.05, 0.1) is 5.56 Å². The number of benzene rings is 1. The Kier molecular flexibility index (Phi) is 3.94. The molecule has 0 radical (unpaired) electrons. The molecule has 6 nitrogen and oxygen atoms in total. The fourth-order valence-electron chi connectivity index (χ4n) is 3.18. The van der Waals surface area contributed by atoms with E-state index in [-0.39, 0.29) is 12.0 Å². The van der Waals surface area contributed by atoms with Gasteiger partial charge in [-0.2, -0.15) is 0 Å². The molecule has 24 heavy (non-hydrogen) atoms. The van der Waals surface area contributed by atoms with Crippen molar-refractivity contribution in [2.45, 2.75) is 51.8 Å². The quantitative estimate of drug-likeness (QED) is 0.767. The summed E-state index contributed by atoms with van der Waals surface area (Å²) in [7, 11) is 0. The maximum atomic E-state index is 12.5. The summed E-state index contributed by atoms with van der Waals surface area (Å²) in [4.78, 5) is 26.3. The second-order valence-electron chi connectivity index (χ2n) is 7.68. The molecule has 2 amide bonds. The molecule has 0 unspecified atom stereocenters. The number of fused-ring (bicyclic) bond motifs is 1. The lowest BCUT2D eigenvalue weighted by molar-refractivity contribution is 0.0163. The van der Waals surface area contributed by atoms with Crippen molar-refractivity contribution in [3.05, 3.63) is 29.3 Å². The van der Waals surface area contributed by atoms with E-state index in [9.17, 15) is 9.59 Å². The van der Waals surface area contributed by atoms with Crippen LogP contribution in [0.25, 0.3) is 0 Å². The summed E-state index contributed by atoms with van der Waals surface area (Å²) in [5.41, 5.74) is 1.60. The number of ether oxygens (including phenoxy) is 1. The number of rotatable bonds is 0. The smallest absolute Gasteiger partial charge is 0.410 e. The van der Waals surface area contributed by atoms with Gasteiger partial charge in [-0.25, -0.2) is 4.79 Å². The highest BCUT2D eigenvalue weighted by Crippen LogP contribution is 2.32. The van der Waals surface area contributed by atoms with Crippen LogP contribution in [-0.4, -0.2) is 41.3 Å². The largest absolute Gasteiger partial charge is 0.444 e. The van der Waals surface area contributed by atoms with Gasteiger partial charge in [-0.3, -0.25) is 4.79 Å². The van der Waals surface area contributed by atoms with Gasteiger partial charge in [0.1, 0.15) is 11.3 Å². The summed E-state index contributed by atoms with van der Waals surface area (Å²) in [5.74, 6) is -0.0573. The van der Waals surface area contributed by atoms with Gasteiger partial charge in [0.15, 0.2) is 0 Å². The van der Waals surface area contributed by atoms with Crippen LogP contribution in [0.3, 0.4) is 0 Å². The Hall–Kier alpha value is -2.24. The molecule has 1 saturated heterocycles. The zero-order valence-corrected chi connectivity index (χ0v) is 14.7. The fourth-order valence-corrected chi connectivity index (χ4v) is 3.18. The van der Waals surface area contributed by atoms with Crippen molar-refractivity contribution >= 4 is 17.7 Å². The molecular formula is C18H25N3O3. The molecule has 0 atom stereocenters. The number of amides is 2. The highest BCUT2D eigenvalue weighted by Gasteiger charge is 2.41. The van der Waals surface area contributed by atoms with Crippen LogP contribution in [-0.2, 0) is 4.74 Å². The first-order valence-electron chi connectivity index (χ1n) is 8.37. The average molecular weight is 331 g/mol. The lowest BCUT2D eigenvalue weighted by Gasteiger charge is -2.45. The minimum atomic E-state index is -0.500. The number of nitrogens with one attached hydrogen (secondary N) is 2. The summed E-state index contributed by atoms with van der Waals surface area (Å²) in [5, 5.41) is 6.56. The van der Waals surface area contributed by atoms with Crippen LogP contribution in [0, 0.1) is 6.92 Å². The Labute approximate surface area is 142 Å². The van der Waals surface area contributed by atoms with Crippen LogP contribution >= 0.6 is 0 Å². The third-order valence-electron chi connectivity index (χ3n) is 4.42. The fraction of sp³-hybridized carbons (Fsp3) is 0.556. The van der Waals surface area contributed by atoms with Crippen molar-refractivity contribution < 1.29 is 14.3 Å². The van der Waals surface area contributed by atoms with E-state index < -0.39 is 11.3 Å². The van der Waals surface area contributed by atoms with Gasteiger partial charge < -0.3 is 20.3 Å². The molecule has 2 aliphatic rings. The summed E-state index contributed by atoms with van der Waals surface area (Å²) >= 11 is 0. The van der Waals surface area contributed by atoms with Crippen molar-refractivity contribution in [1.29, 1.82) is 0 Å². The van der Waals surface area contributed by atoms with Crippen LogP contribution in [0.1, 0.15) is 49.5 Å². The van der Waals surface area contributed by atoms with Gasteiger partial charge in [-0.1, -0.05) is 11.6 Å². The number of hydrogen-bond donors (Lipinski definition) is 2. The van der Waals surface area contributed by atoms with Gasteiger partial charge in [0, 0.05) is 31.6 Å². The second-order valence-corrected chi connectivity index (χ2v) is 7.68. The molecule has 0 saturated carbocycles. The normalized spacial score (nSPS) is 19.3. The first-order valence-corrected chi connectivity index (χ1v) is 8.37. The van der Waals surface area contributed by atoms with Crippen LogP contribution in [0.5, 0.6) is 0 Å². The predicted octanol–water partition coefficient (Wildman–Crippen LogP) is 2.88.